The van der Waals surface area contributed by atoms with Gasteiger partial charge in [0.25, 0.3) is 5.89 Å². The molecule has 3 heterocycles. The van der Waals surface area contributed by atoms with E-state index in [0.29, 0.717) is 24.0 Å². The molecule has 7 heteroatoms. The Hall–Kier alpha value is -2.41. The highest BCUT2D eigenvalue weighted by molar-refractivity contribution is 7.09. The Kier molecular flexibility index (Phi) is 4.06. The molecule has 0 spiro atoms. The maximum absolute atomic E-state index is 12.3. The molecule has 1 atom stereocenters. The van der Waals surface area contributed by atoms with Gasteiger partial charge in [0.2, 0.25) is 0 Å². The Morgan fingerprint density at radius 2 is 2.32 bits per heavy atom. The van der Waals surface area contributed by atoms with Crippen molar-refractivity contribution < 1.29 is 14.1 Å². The highest BCUT2D eigenvalue weighted by Crippen LogP contribution is 2.18. The Bertz CT molecular complexity index is 761. The topological polar surface area (TPSA) is 70.2 Å². The lowest BCUT2D eigenvalue weighted by atomic mass is 10.3. The van der Waals surface area contributed by atoms with Crippen molar-refractivity contribution in [3.63, 3.8) is 0 Å². The summed E-state index contributed by atoms with van der Waals surface area (Å²) >= 11 is 1.65. The molecule has 0 aliphatic rings. The molecule has 0 saturated heterocycles. The van der Waals surface area contributed by atoms with Gasteiger partial charge in [-0.1, -0.05) is 11.2 Å². The summed E-state index contributed by atoms with van der Waals surface area (Å²) in [6.07, 6.45) is 1.27. The van der Waals surface area contributed by atoms with Crippen LogP contribution in [0.25, 0.3) is 0 Å². The highest BCUT2D eigenvalue weighted by atomic mass is 32.1. The highest BCUT2D eigenvalue weighted by Gasteiger charge is 2.20. The zero-order valence-corrected chi connectivity index (χ0v) is 13.0. The van der Waals surface area contributed by atoms with Crippen LogP contribution in [0.5, 0.6) is 0 Å². The van der Waals surface area contributed by atoms with Gasteiger partial charge in [-0.15, -0.1) is 11.3 Å². The molecule has 0 bridgehead atoms. The van der Waals surface area contributed by atoms with Gasteiger partial charge in [0, 0.05) is 11.1 Å². The largest absolute Gasteiger partial charge is 0.448 e. The summed E-state index contributed by atoms with van der Waals surface area (Å²) in [7, 11) is 0. The van der Waals surface area contributed by atoms with Crippen LogP contribution in [0.2, 0.25) is 0 Å². The first kappa shape index (κ1) is 14.5. The zero-order valence-electron chi connectivity index (χ0n) is 12.2. The number of ether oxygens (including phenoxy) is 1. The van der Waals surface area contributed by atoms with Crippen molar-refractivity contribution in [2.75, 3.05) is 0 Å². The molecule has 114 valence electrons. The third-order valence-corrected chi connectivity index (χ3v) is 3.98. The first-order chi connectivity index (χ1) is 10.6. The molecule has 22 heavy (non-hydrogen) atoms. The SMILES string of the molecule is Cc1noc([C@@H](C)OC(=O)c2cccn2Cc2cccs2)n1. The molecule has 3 rings (SSSR count). The van der Waals surface area contributed by atoms with Gasteiger partial charge in [-0.2, -0.15) is 4.98 Å². The fraction of sp³-hybridized carbons (Fsp3) is 0.267. The number of hydrogen-bond donors (Lipinski definition) is 0. The van der Waals surface area contributed by atoms with Crippen LogP contribution in [-0.4, -0.2) is 20.7 Å². The van der Waals surface area contributed by atoms with E-state index in [-0.39, 0.29) is 0 Å². The van der Waals surface area contributed by atoms with Gasteiger partial charge in [0.15, 0.2) is 11.9 Å². The minimum Gasteiger partial charge on any atom is -0.448 e. The van der Waals surface area contributed by atoms with Crippen LogP contribution in [0.3, 0.4) is 0 Å². The van der Waals surface area contributed by atoms with Crippen molar-refractivity contribution in [2.24, 2.45) is 0 Å². The predicted octanol–water partition coefficient (Wildman–Crippen LogP) is 3.21. The number of thiophene rings is 1. The monoisotopic (exact) mass is 317 g/mol. The summed E-state index contributed by atoms with van der Waals surface area (Å²) in [6.45, 7) is 4.06. The minimum absolute atomic E-state index is 0.294. The molecule has 0 amide bonds. The predicted molar refractivity (Wildman–Crippen MR) is 80.7 cm³/mol. The zero-order chi connectivity index (χ0) is 15.5. The van der Waals surface area contributed by atoms with Crippen LogP contribution in [0, 0.1) is 6.92 Å². The Morgan fingerprint density at radius 3 is 3.00 bits per heavy atom. The van der Waals surface area contributed by atoms with Gasteiger partial charge < -0.3 is 13.8 Å². The molecule has 3 aromatic heterocycles. The minimum atomic E-state index is -0.584. The second kappa shape index (κ2) is 6.15. The molecule has 0 aromatic carbocycles. The number of carbonyl (C=O) groups is 1. The van der Waals surface area contributed by atoms with E-state index in [1.165, 1.54) is 4.88 Å². The summed E-state index contributed by atoms with van der Waals surface area (Å²) < 4.78 is 12.3. The third kappa shape index (κ3) is 3.09. The molecule has 3 aromatic rings. The molecule has 0 aliphatic heterocycles. The van der Waals surface area contributed by atoms with Gasteiger partial charge in [-0.25, -0.2) is 4.79 Å². The van der Waals surface area contributed by atoms with Crippen molar-refractivity contribution in [1.29, 1.82) is 0 Å². The van der Waals surface area contributed by atoms with Crippen LogP contribution in [0.15, 0.2) is 40.4 Å². The van der Waals surface area contributed by atoms with E-state index >= 15 is 0 Å². The van der Waals surface area contributed by atoms with Gasteiger partial charge in [0.05, 0.1) is 6.54 Å². The Labute approximate surface area is 131 Å². The lowest BCUT2D eigenvalue weighted by Crippen LogP contribution is -2.14. The average molecular weight is 317 g/mol. The average Bonchev–Trinajstić information content (AvgIpc) is 3.20. The number of carbonyl (C=O) groups excluding carboxylic acids is 1. The summed E-state index contributed by atoms with van der Waals surface area (Å²) in [5.41, 5.74) is 0.497. The number of esters is 1. The second-order valence-corrected chi connectivity index (χ2v) is 5.86. The molecule has 0 aliphatic carbocycles. The van der Waals surface area contributed by atoms with E-state index in [1.807, 2.05) is 34.3 Å². The van der Waals surface area contributed by atoms with Crippen LogP contribution < -0.4 is 0 Å². The summed E-state index contributed by atoms with van der Waals surface area (Å²) in [6, 6.07) is 7.58. The molecule has 0 N–H and O–H groups in total. The van der Waals surface area contributed by atoms with Crippen LogP contribution in [-0.2, 0) is 11.3 Å². The van der Waals surface area contributed by atoms with Crippen LogP contribution >= 0.6 is 11.3 Å². The fourth-order valence-corrected chi connectivity index (χ4v) is 2.76. The summed E-state index contributed by atoms with van der Waals surface area (Å²) in [5.74, 6) is 0.395. The van der Waals surface area contributed by atoms with E-state index in [4.69, 9.17) is 9.26 Å². The van der Waals surface area contributed by atoms with Crippen molar-refractivity contribution in [1.82, 2.24) is 14.7 Å². The molecular formula is C15H15N3O3S. The summed E-state index contributed by atoms with van der Waals surface area (Å²) in [5, 5.41) is 5.70. The Morgan fingerprint density at radius 1 is 1.45 bits per heavy atom. The van der Waals surface area contributed by atoms with Crippen LogP contribution in [0.1, 0.15) is 40.1 Å². The number of nitrogens with zero attached hydrogens (tertiary/aromatic N) is 3. The van der Waals surface area contributed by atoms with E-state index in [9.17, 15) is 4.79 Å². The number of hydrogen-bond acceptors (Lipinski definition) is 6. The smallest absolute Gasteiger partial charge is 0.355 e. The van der Waals surface area contributed by atoms with E-state index in [0.717, 1.165) is 0 Å². The molecule has 0 unspecified atom stereocenters. The fourth-order valence-electron chi connectivity index (χ4n) is 2.06. The lowest BCUT2D eigenvalue weighted by Gasteiger charge is -2.11. The van der Waals surface area contributed by atoms with E-state index in [2.05, 4.69) is 10.1 Å². The Balaban J connectivity index is 1.71. The second-order valence-electron chi connectivity index (χ2n) is 4.83. The van der Waals surface area contributed by atoms with Crippen molar-refractivity contribution in [3.05, 3.63) is 58.1 Å². The first-order valence-corrected chi connectivity index (χ1v) is 7.70. The van der Waals surface area contributed by atoms with Gasteiger partial charge in [-0.05, 0) is 37.4 Å². The first-order valence-electron chi connectivity index (χ1n) is 6.82. The lowest BCUT2D eigenvalue weighted by molar-refractivity contribution is 0.0253. The van der Waals surface area contributed by atoms with E-state index in [1.54, 1.807) is 31.3 Å². The molecule has 6 nitrogen and oxygen atoms in total. The summed E-state index contributed by atoms with van der Waals surface area (Å²) in [4.78, 5) is 17.6. The van der Waals surface area contributed by atoms with Crippen LogP contribution in [0.4, 0.5) is 0 Å². The maximum atomic E-state index is 12.3. The van der Waals surface area contributed by atoms with Crippen molar-refractivity contribution >= 4 is 17.3 Å². The number of aromatic nitrogens is 3. The molecule has 0 fully saturated rings. The normalized spacial score (nSPS) is 12.3. The van der Waals surface area contributed by atoms with Crippen molar-refractivity contribution in [2.45, 2.75) is 26.5 Å². The number of rotatable bonds is 5. The maximum Gasteiger partial charge on any atom is 0.355 e. The molecule has 0 radical (unpaired) electrons. The van der Waals surface area contributed by atoms with Gasteiger partial charge in [0.1, 0.15) is 5.69 Å². The molecular weight excluding hydrogens is 302 g/mol. The molecule has 0 saturated carbocycles. The van der Waals surface area contributed by atoms with Crippen molar-refractivity contribution in [3.8, 4) is 0 Å². The third-order valence-electron chi connectivity index (χ3n) is 3.12. The van der Waals surface area contributed by atoms with Gasteiger partial charge >= 0.3 is 5.97 Å². The number of aryl methyl sites for hydroxylation is 1. The standard InChI is InChI=1S/C15H15N3O3S/c1-10(14-16-11(2)17-21-14)20-15(19)13-6-3-7-18(13)9-12-5-4-8-22-12/h3-8,10H,9H2,1-2H3/t10-/m1/s1. The van der Waals surface area contributed by atoms with Gasteiger partial charge in [-0.3, -0.25) is 0 Å². The quantitative estimate of drug-likeness (QED) is 0.676. The van der Waals surface area contributed by atoms with E-state index < -0.39 is 12.1 Å².